The Hall–Kier alpha value is -0.400. The molecule has 22 heavy (non-hydrogen) atoms. The molecule has 10 nitrogen and oxygen atoms in total. The Kier molecular flexibility index (Phi) is 20.2. The second-order valence-electron chi connectivity index (χ2n) is 3.56. The van der Waals surface area contributed by atoms with Gasteiger partial charge in [-0.15, -0.1) is 0 Å². The van der Waals surface area contributed by atoms with Crippen LogP contribution in [0.1, 0.15) is 0 Å². The molecule has 0 aliphatic heterocycles. The third-order valence-electron chi connectivity index (χ3n) is 1.82. The summed E-state index contributed by atoms with van der Waals surface area (Å²) in [4.78, 5) is 38.2. The van der Waals surface area contributed by atoms with E-state index >= 15 is 0 Å². The predicted molar refractivity (Wildman–Crippen MR) is 71.4 cm³/mol. The largest absolute Gasteiger partial charge is 0.382 e. The Morgan fingerprint density at radius 1 is 0.318 bits per heavy atom. The van der Waals surface area contributed by atoms with Gasteiger partial charge in [0.1, 0.15) is 52.9 Å². The maximum Gasteiger partial charge on any atom is 0.109 e. The van der Waals surface area contributed by atoms with E-state index in [1.54, 1.807) is 14.2 Å². The summed E-state index contributed by atoms with van der Waals surface area (Å²) in [6, 6.07) is 0. The van der Waals surface area contributed by atoms with Crippen molar-refractivity contribution in [3.05, 3.63) is 0 Å². The zero-order chi connectivity index (χ0) is 16.1. The fraction of sp³-hybridized carbons (Fsp3) is 1.00. The van der Waals surface area contributed by atoms with Gasteiger partial charge >= 0.3 is 0 Å². The van der Waals surface area contributed by atoms with Gasteiger partial charge in [-0.1, -0.05) is 0 Å². The summed E-state index contributed by atoms with van der Waals surface area (Å²) in [6.07, 6.45) is 0. The molecule has 0 heterocycles. The third kappa shape index (κ3) is 19.6. The summed E-state index contributed by atoms with van der Waals surface area (Å²) >= 11 is 0. The highest BCUT2D eigenvalue weighted by atomic mass is 17.2. The van der Waals surface area contributed by atoms with Crippen molar-refractivity contribution in [1.29, 1.82) is 0 Å². The van der Waals surface area contributed by atoms with Gasteiger partial charge in [0.2, 0.25) is 0 Å². The molecule has 0 aromatic rings. The van der Waals surface area contributed by atoms with E-state index in [9.17, 15) is 0 Å². The second-order valence-corrected chi connectivity index (χ2v) is 3.56. The summed E-state index contributed by atoms with van der Waals surface area (Å²) in [7, 11) is 3.16. The van der Waals surface area contributed by atoms with Crippen LogP contribution in [0.5, 0.6) is 0 Å². The third-order valence-corrected chi connectivity index (χ3v) is 1.82. The predicted octanol–water partition coefficient (Wildman–Crippen LogP) is 0.0720. The van der Waals surface area contributed by atoms with Crippen molar-refractivity contribution in [2.75, 3.05) is 80.3 Å². The van der Waals surface area contributed by atoms with E-state index in [1.807, 2.05) is 0 Å². The number of ether oxygens (including phenoxy) is 2. The minimum absolute atomic E-state index is 0.218. The first-order valence-corrected chi connectivity index (χ1v) is 6.87. The maximum atomic E-state index is 4.80. The van der Waals surface area contributed by atoms with Gasteiger partial charge in [-0.25, -0.2) is 39.1 Å². The number of methoxy groups -OCH3 is 2. The van der Waals surface area contributed by atoms with E-state index in [0.29, 0.717) is 26.4 Å². The van der Waals surface area contributed by atoms with Gasteiger partial charge in [0.15, 0.2) is 0 Å². The van der Waals surface area contributed by atoms with Crippen LogP contribution in [0.25, 0.3) is 0 Å². The van der Waals surface area contributed by atoms with Crippen LogP contribution in [-0.2, 0) is 48.6 Å². The van der Waals surface area contributed by atoms with E-state index in [4.69, 9.17) is 48.6 Å². The quantitative estimate of drug-likeness (QED) is 0.184. The average Bonchev–Trinajstić information content (AvgIpc) is 2.54. The molecule has 0 rings (SSSR count). The van der Waals surface area contributed by atoms with Gasteiger partial charge in [0.05, 0.1) is 13.2 Å². The van der Waals surface area contributed by atoms with Gasteiger partial charge in [0, 0.05) is 14.2 Å². The molecule has 0 aliphatic carbocycles. The van der Waals surface area contributed by atoms with Crippen molar-refractivity contribution in [2.24, 2.45) is 0 Å². The first kappa shape index (κ1) is 21.6. The molecule has 10 heteroatoms. The average molecular weight is 330 g/mol. The van der Waals surface area contributed by atoms with Gasteiger partial charge in [-0.2, -0.15) is 0 Å². The van der Waals surface area contributed by atoms with Crippen LogP contribution < -0.4 is 0 Å². The normalized spacial score (nSPS) is 11.2. The van der Waals surface area contributed by atoms with Gasteiger partial charge in [-0.05, 0) is 0 Å². The van der Waals surface area contributed by atoms with E-state index in [1.165, 1.54) is 0 Å². The van der Waals surface area contributed by atoms with Crippen molar-refractivity contribution in [3.8, 4) is 0 Å². The SMILES string of the molecule is COCCOOCCOOCCOOCCOOCCOC. The Morgan fingerprint density at radius 2 is 0.500 bits per heavy atom. The number of rotatable bonds is 19. The van der Waals surface area contributed by atoms with Crippen LogP contribution in [0, 0.1) is 0 Å². The van der Waals surface area contributed by atoms with Crippen LogP contribution in [0.2, 0.25) is 0 Å². The zero-order valence-corrected chi connectivity index (χ0v) is 13.2. The highest BCUT2D eigenvalue weighted by Crippen LogP contribution is 1.86. The van der Waals surface area contributed by atoms with Crippen molar-refractivity contribution in [3.63, 3.8) is 0 Å². The smallest absolute Gasteiger partial charge is 0.109 e. The molecule has 0 aliphatic rings. The standard InChI is InChI=1S/C12H26O10/c1-13-3-5-15-17-7-9-19-21-11-12-22-20-10-8-18-16-6-4-14-2/h3-12H2,1-2H3. The molecule has 0 radical (unpaired) electrons. The zero-order valence-electron chi connectivity index (χ0n) is 13.2. The summed E-state index contributed by atoms with van der Waals surface area (Å²) in [5.74, 6) is 0. The van der Waals surface area contributed by atoms with E-state index < -0.39 is 0 Å². The minimum atomic E-state index is 0.218. The van der Waals surface area contributed by atoms with Crippen LogP contribution in [0.15, 0.2) is 0 Å². The first-order chi connectivity index (χ1) is 10.9. The molecule has 0 saturated carbocycles. The molecule has 0 saturated heterocycles. The van der Waals surface area contributed by atoms with Gasteiger partial charge in [-0.3, -0.25) is 0 Å². The van der Waals surface area contributed by atoms with Crippen molar-refractivity contribution < 1.29 is 48.6 Å². The molecule has 0 N–H and O–H groups in total. The lowest BCUT2D eigenvalue weighted by Crippen LogP contribution is -2.12. The van der Waals surface area contributed by atoms with Crippen LogP contribution in [0.4, 0.5) is 0 Å². The summed E-state index contributed by atoms with van der Waals surface area (Å²) < 4.78 is 9.53. The molecule has 0 aromatic carbocycles. The molecule has 134 valence electrons. The first-order valence-electron chi connectivity index (χ1n) is 6.87. The Morgan fingerprint density at radius 3 is 0.682 bits per heavy atom. The summed E-state index contributed by atoms with van der Waals surface area (Å²) in [5.41, 5.74) is 0. The Balaban J connectivity index is 2.91. The summed E-state index contributed by atoms with van der Waals surface area (Å²) in [6.45, 7) is 3.08. The molecule has 0 aromatic heterocycles. The lowest BCUT2D eigenvalue weighted by atomic mass is 10.8. The molecular formula is C12H26O10. The van der Waals surface area contributed by atoms with Crippen LogP contribution in [-0.4, -0.2) is 80.3 Å². The molecule has 0 amide bonds. The van der Waals surface area contributed by atoms with E-state index in [-0.39, 0.29) is 39.6 Å². The Labute approximate surface area is 130 Å². The maximum absolute atomic E-state index is 4.80. The van der Waals surface area contributed by atoms with Crippen LogP contribution >= 0.6 is 0 Å². The van der Waals surface area contributed by atoms with Crippen molar-refractivity contribution in [1.82, 2.24) is 0 Å². The minimum Gasteiger partial charge on any atom is -0.382 e. The lowest BCUT2D eigenvalue weighted by Gasteiger charge is -2.06. The second kappa shape index (κ2) is 20.6. The van der Waals surface area contributed by atoms with Gasteiger partial charge < -0.3 is 9.47 Å². The van der Waals surface area contributed by atoms with Crippen LogP contribution in [0.3, 0.4) is 0 Å². The molecule has 0 fully saturated rings. The van der Waals surface area contributed by atoms with E-state index in [0.717, 1.165) is 0 Å². The molecule has 0 unspecified atom stereocenters. The molecule has 0 atom stereocenters. The molecular weight excluding hydrogens is 304 g/mol. The van der Waals surface area contributed by atoms with E-state index in [2.05, 4.69) is 0 Å². The topological polar surface area (TPSA) is 92.3 Å². The Bertz CT molecular complexity index is 175. The fourth-order valence-corrected chi connectivity index (χ4v) is 0.910. The van der Waals surface area contributed by atoms with Crippen molar-refractivity contribution >= 4 is 0 Å². The number of hydrogen-bond donors (Lipinski definition) is 0. The highest BCUT2D eigenvalue weighted by Gasteiger charge is 1.95. The lowest BCUT2D eigenvalue weighted by molar-refractivity contribution is -0.367. The monoisotopic (exact) mass is 330 g/mol. The highest BCUT2D eigenvalue weighted by molar-refractivity contribution is 4.23. The number of hydrogen-bond acceptors (Lipinski definition) is 10. The molecule has 0 spiro atoms. The molecule has 0 bridgehead atoms. The van der Waals surface area contributed by atoms with Gasteiger partial charge in [0.25, 0.3) is 0 Å². The van der Waals surface area contributed by atoms with Crippen molar-refractivity contribution in [2.45, 2.75) is 0 Å². The summed E-state index contributed by atoms with van der Waals surface area (Å²) in [5, 5.41) is 0. The fourth-order valence-electron chi connectivity index (χ4n) is 0.910.